The number of para-hydroxylation sites is 1. The Morgan fingerprint density at radius 1 is 0.943 bits per heavy atom. The third-order valence-corrected chi connectivity index (χ3v) is 10.0. The Morgan fingerprint density at radius 2 is 1.60 bits per heavy atom. The zero-order valence-electron chi connectivity index (χ0n) is 20.1. The van der Waals surface area contributed by atoms with Crippen LogP contribution in [0.15, 0.2) is 77.7 Å². The van der Waals surface area contributed by atoms with Gasteiger partial charge in [-0.25, -0.2) is 8.42 Å². The highest BCUT2D eigenvalue weighted by Crippen LogP contribution is 2.64. The second kappa shape index (κ2) is 7.94. The van der Waals surface area contributed by atoms with Crippen molar-refractivity contribution in [2.24, 2.45) is 5.41 Å². The Hall–Kier alpha value is -3.14. The van der Waals surface area contributed by atoms with Gasteiger partial charge in [0.15, 0.2) is 0 Å². The predicted octanol–water partition coefficient (Wildman–Crippen LogP) is 5.33. The van der Waals surface area contributed by atoms with Crippen molar-refractivity contribution in [3.8, 4) is 6.07 Å². The van der Waals surface area contributed by atoms with Gasteiger partial charge in [0.05, 0.1) is 29.2 Å². The van der Waals surface area contributed by atoms with Crippen LogP contribution in [0.2, 0.25) is 0 Å². The lowest BCUT2D eigenvalue weighted by molar-refractivity contribution is 0.194. The summed E-state index contributed by atoms with van der Waals surface area (Å²) in [4.78, 5) is 2.75. The van der Waals surface area contributed by atoms with E-state index < -0.39 is 15.4 Å². The largest absolute Gasteiger partial charge is 0.291 e. The molecule has 0 amide bonds. The van der Waals surface area contributed by atoms with Crippen molar-refractivity contribution in [2.75, 3.05) is 17.4 Å². The zero-order chi connectivity index (χ0) is 24.4. The van der Waals surface area contributed by atoms with Crippen molar-refractivity contribution in [3.63, 3.8) is 0 Å². The molecule has 0 bridgehead atoms. The Kier molecular flexibility index (Phi) is 5.07. The van der Waals surface area contributed by atoms with E-state index >= 15 is 0 Å². The summed E-state index contributed by atoms with van der Waals surface area (Å²) in [6, 6.07) is 26.1. The van der Waals surface area contributed by atoms with Crippen molar-refractivity contribution >= 4 is 15.7 Å². The van der Waals surface area contributed by atoms with Gasteiger partial charge in [0.2, 0.25) is 0 Å². The van der Waals surface area contributed by atoms with Gasteiger partial charge in [-0.2, -0.15) is 5.26 Å². The van der Waals surface area contributed by atoms with E-state index in [4.69, 9.17) is 0 Å². The third-order valence-electron chi connectivity index (χ3n) is 8.26. The third kappa shape index (κ3) is 3.18. The van der Waals surface area contributed by atoms with Crippen molar-refractivity contribution < 1.29 is 8.42 Å². The summed E-state index contributed by atoms with van der Waals surface area (Å²) in [6.45, 7) is 5.09. The summed E-state index contributed by atoms with van der Waals surface area (Å²) in [5.41, 5.74) is 4.06. The highest BCUT2D eigenvalue weighted by molar-refractivity contribution is 7.92. The minimum Gasteiger partial charge on any atom is -0.291 e. The van der Waals surface area contributed by atoms with Crippen LogP contribution in [0.5, 0.6) is 0 Å². The first-order valence-electron chi connectivity index (χ1n) is 12.3. The molecule has 0 aromatic heterocycles. The first-order valence-corrected chi connectivity index (χ1v) is 13.7. The summed E-state index contributed by atoms with van der Waals surface area (Å²) in [7, 11) is -3.85. The molecule has 0 saturated carbocycles. The van der Waals surface area contributed by atoms with Crippen LogP contribution >= 0.6 is 0 Å². The monoisotopic (exact) mass is 483 g/mol. The minimum atomic E-state index is -3.85. The summed E-state index contributed by atoms with van der Waals surface area (Å²) in [5, 5.41) is 10.9. The van der Waals surface area contributed by atoms with Gasteiger partial charge in [0.25, 0.3) is 10.0 Å². The number of nitrogens with zero attached hydrogens (tertiary/aromatic N) is 3. The van der Waals surface area contributed by atoms with E-state index in [1.54, 1.807) is 12.1 Å². The Morgan fingerprint density at radius 3 is 2.29 bits per heavy atom. The number of nitriles is 1. The van der Waals surface area contributed by atoms with Gasteiger partial charge < -0.3 is 0 Å². The van der Waals surface area contributed by atoms with Gasteiger partial charge in [-0.1, -0.05) is 65.7 Å². The quantitative estimate of drug-likeness (QED) is 0.505. The van der Waals surface area contributed by atoms with E-state index in [-0.39, 0.29) is 29.4 Å². The van der Waals surface area contributed by atoms with E-state index in [1.165, 1.54) is 9.87 Å². The zero-order valence-corrected chi connectivity index (χ0v) is 20.9. The molecule has 3 aromatic carbocycles. The standard InChI is InChI=1S/C29H29N3O2S/c1-20-9-13-22(14-10-20)27-26-8-5-17-31(26)28-24-6-3-4-7-25(24)32(19-29(27,28)18-30)35(33,34)23-15-11-21(2)12-16-23/h3-4,6-7,9-16,26-28H,5,8,17,19H2,1-2H3/t26-,27-,28+,29+/m1/s1. The number of hydrogen-bond donors (Lipinski definition) is 0. The molecule has 35 heavy (non-hydrogen) atoms. The van der Waals surface area contributed by atoms with E-state index in [9.17, 15) is 13.7 Å². The highest BCUT2D eigenvalue weighted by atomic mass is 32.2. The topological polar surface area (TPSA) is 64.4 Å². The fourth-order valence-corrected chi connectivity index (χ4v) is 8.27. The fraction of sp³-hybridized carbons (Fsp3) is 0.345. The molecule has 178 valence electrons. The maximum Gasteiger partial charge on any atom is 0.264 e. The normalized spacial score (nSPS) is 27.7. The number of aryl methyl sites for hydroxylation is 2. The molecule has 0 spiro atoms. The SMILES string of the molecule is Cc1ccc([C@@H]2[C@H]3CCCN3[C@H]3c4ccccc4N(S(=O)(=O)c4ccc(C)cc4)C[C@@]23C#N)cc1. The first-order chi connectivity index (χ1) is 16.9. The van der Waals surface area contributed by atoms with Gasteiger partial charge in [-0.05, 0) is 62.6 Å². The van der Waals surface area contributed by atoms with E-state index in [0.717, 1.165) is 36.1 Å². The molecule has 0 N–H and O–H groups in total. The lowest BCUT2D eigenvalue weighted by Gasteiger charge is -2.45. The fourth-order valence-electron chi connectivity index (χ4n) is 6.72. The first kappa shape index (κ1) is 22.3. The van der Waals surface area contributed by atoms with Crippen LogP contribution in [0.3, 0.4) is 0 Å². The molecule has 0 aliphatic carbocycles. The van der Waals surface area contributed by atoms with E-state index in [2.05, 4.69) is 42.2 Å². The van der Waals surface area contributed by atoms with Crippen LogP contribution in [-0.4, -0.2) is 32.4 Å². The number of rotatable bonds is 3. The summed E-state index contributed by atoms with van der Waals surface area (Å²) < 4.78 is 29.6. The average Bonchev–Trinajstić information content (AvgIpc) is 3.43. The maximum absolute atomic E-state index is 14.0. The smallest absolute Gasteiger partial charge is 0.264 e. The molecule has 4 atom stereocenters. The molecule has 3 aromatic rings. The van der Waals surface area contributed by atoms with Gasteiger partial charge in [-0.15, -0.1) is 0 Å². The van der Waals surface area contributed by atoms with Crippen molar-refractivity contribution in [1.29, 1.82) is 5.26 Å². The lowest BCUT2D eigenvalue weighted by atomic mass is 9.65. The second-order valence-corrected chi connectivity index (χ2v) is 12.1. The van der Waals surface area contributed by atoms with Gasteiger partial charge in [-0.3, -0.25) is 9.21 Å². The van der Waals surface area contributed by atoms with Crippen molar-refractivity contribution in [1.82, 2.24) is 4.90 Å². The summed E-state index contributed by atoms with van der Waals surface area (Å²) in [5.74, 6) is -0.0651. The van der Waals surface area contributed by atoms with E-state index in [0.29, 0.717) is 5.69 Å². The van der Waals surface area contributed by atoms with Crippen molar-refractivity contribution in [2.45, 2.75) is 49.6 Å². The number of fused-ring (bicyclic) bond motifs is 5. The average molecular weight is 484 g/mol. The number of sulfonamides is 1. The molecular weight excluding hydrogens is 454 g/mol. The molecule has 3 aliphatic heterocycles. The predicted molar refractivity (Wildman–Crippen MR) is 137 cm³/mol. The molecule has 2 fully saturated rings. The van der Waals surface area contributed by atoms with Crippen LogP contribution in [0.1, 0.15) is 47.1 Å². The molecule has 0 unspecified atom stereocenters. The minimum absolute atomic E-state index is 0.0651. The van der Waals surface area contributed by atoms with Crippen molar-refractivity contribution in [3.05, 3.63) is 95.1 Å². The number of hydrogen-bond acceptors (Lipinski definition) is 4. The maximum atomic E-state index is 14.0. The Balaban J connectivity index is 1.57. The molecule has 3 aliphatic rings. The molecule has 2 saturated heterocycles. The Labute approximate surface area is 207 Å². The van der Waals surface area contributed by atoms with Gasteiger partial charge in [0.1, 0.15) is 5.41 Å². The highest BCUT2D eigenvalue weighted by Gasteiger charge is 2.65. The van der Waals surface area contributed by atoms with Crippen LogP contribution in [0, 0.1) is 30.6 Å². The molecule has 0 radical (unpaired) electrons. The molecule has 5 nitrogen and oxygen atoms in total. The van der Waals surface area contributed by atoms with Crippen LogP contribution in [-0.2, 0) is 10.0 Å². The number of anilines is 1. The molecule has 6 heteroatoms. The molecular formula is C29H29N3O2S. The van der Waals surface area contributed by atoms with E-state index in [1.807, 2.05) is 43.3 Å². The Bertz CT molecular complexity index is 1430. The second-order valence-electron chi connectivity index (χ2n) is 10.3. The lowest BCUT2D eigenvalue weighted by Crippen LogP contribution is -2.50. The molecule has 3 heterocycles. The van der Waals surface area contributed by atoms with Crippen LogP contribution in [0.25, 0.3) is 0 Å². The van der Waals surface area contributed by atoms with Crippen LogP contribution in [0.4, 0.5) is 5.69 Å². The molecule has 6 rings (SSSR count). The van der Waals surface area contributed by atoms with Gasteiger partial charge in [0, 0.05) is 12.0 Å². The summed E-state index contributed by atoms with van der Waals surface area (Å²) in [6.07, 6.45) is 2.12. The van der Waals surface area contributed by atoms with Gasteiger partial charge >= 0.3 is 0 Å². The summed E-state index contributed by atoms with van der Waals surface area (Å²) >= 11 is 0. The number of benzene rings is 3. The van der Waals surface area contributed by atoms with Crippen LogP contribution < -0.4 is 4.31 Å².